The number of benzene rings is 10. The van der Waals surface area contributed by atoms with Crippen molar-refractivity contribution in [3.63, 3.8) is 0 Å². The van der Waals surface area contributed by atoms with Gasteiger partial charge in [0.05, 0.1) is 5.52 Å². The lowest BCUT2D eigenvalue weighted by Crippen LogP contribution is -1.92. The lowest BCUT2D eigenvalue weighted by atomic mass is 9.96. The molecule has 0 saturated carbocycles. The van der Waals surface area contributed by atoms with E-state index in [4.69, 9.17) is 4.42 Å². The second-order valence-electron chi connectivity index (χ2n) is 16.5. The van der Waals surface area contributed by atoms with Gasteiger partial charge in [0.1, 0.15) is 11.2 Å². The molecule has 300 valence electrons. The van der Waals surface area contributed by atoms with Gasteiger partial charge < -0.3 is 8.98 Å². The van der Waals surface area contributed by atoms with Crippen molar-refractivity contribution in [1.29, 1.82) is 0 Å². The molecule has 0 aliphatic rings. The summed E-state index contributed by atoms with van der Waals surface area (Å²) in [4.78, 5) is 0. The highest BCUT2D eigenvalue weighted by Gasteiger charge is 2.15. The second-order valence-corrected chi connectivity index (χ2v) is 16.5. The van der Waals surface area contributed by atoms with Crippen LogP contribution in [0.1, 0.15) is 0 Å². The number of fused-ring (bicyclic) bond motifs is 4. The summed E-state index contributed by atoms with van der Waals surface area (Å²) in [6, 6.07) is 87.4. The van der Waals surface area contributed by atoms with Crippen LogP contribution in [0, 0.1) is 0 Å². The van der Waals surface area contributed by atoms with Crippen LogP contribution >= 0.6 is 0 Å². The van der Waals surface area contributed by atoms with Crippen molar-refractivity contribution >= 4 is 32.8 Å². The van der Waals surface area contributed by atoms with Gasteiger partial charge in [-0.2, -0.15) is 0 Å². The normalized spacial score (nSPS) is 11.4. The van der Waals surface area contributed by atoms with Crippen LogP contribution in [0.25, 0.3) is 116 Å². The Morgan fingerprint density at radius 1 is 0.250 bits per heavy atom. The predicted octanol–water partition coefficient (Wildman–Crippen LogP) is 17.2. The molecule has 0 aliphatic carbocycles. The van der Waals surface area contributed by atoms with Crippen molar-refractivity contribution in [2.24, 2.45) is 0 Å². The summed E-state index contributed by atoms with van der Waals surface area (Å²) in [7, 11) is 0. The van der Waals surface area contributed by atoms with Gasteiger partial charge in [-0.15, -0.1) is 0 Å². The molecule has 0 fully saturated rings. The smallest absolute Gasteiger partial charge is 0.135 e. The minimum atomic E-state index is 0.908. The molecule has 10 aromatic carbocycles. The summed E-state index contributed by atoms with van der Waals surface area (Å²) in [5.41, 5.74) is 20.9. The van der Waals surface area contributed by atoms with Crippen LogP contribution in [-0.4, -0.2) is 4.57 Å². The average molecular weight is 816 g/mol. The fourth-order valence-electron chi connectivity index (χ4n) is 9.24. The molecular weight excluding hydrogens is 775 g/mol. The Morgan fingerprint density at radius 2 is 0.609 bits per heavy atom. The van der Waals surface area contributed by atoms with Crippen molar-refractivity contribution in [2.75, 3.05) is 0 Å². The van der Waals surface area contributed by atoms with Crippen LogP contribution in [0.4, 0.5) is 0 Å². The predicted molar refractivity (Wildman–Crippen MR) is 269 cm³/mol. The largest absolute Gasteiger partial charge is 0.456 e. The molecule has 0 radical (unpaired) electrons. The third kappa shape index (κ3) is 6.88. The highest BCUT2D eigenvalue weighted by molar-refractivity contribution is 6.06. The molecule has 0 saturated heterocycles. The van der Waals surface area contributed by atoms with Gasteiger partial charge in [-0.25, -0.2) is 0 Å². The van der Waals surface area contributed by atoms with Crippen LogP contribution in [0.3, 0.4) is 0 Å². The Bertz CT molecular complexity index is 3580. The Hall–Kier alpha value is -8.46. The summed E-state index contributed by atoms with van der Waals surface area (Å²) in [6.07, 6.45) is 2.30. The summed E-state index contributed by atoms with van der Waals surface area (Å²) in [6.45, 7) is 0. The van der Waals surface area contributed by atoms with E-state index < -0.39 is 0 Å². The number of rotatable bonds is 8. The van der Waals surface area contributed by atoms with Crippen molar-refractivity contribution < 1.29 is 4.42 Å². The zero-order chi connectivity index (χ0) is 42.4. The van der Waals surface area contributed by atoms with Gasteiger partial charge in [-0.1, -0.05) is 200 Å². The standard InChI is InChI=1S/C62H41NO/c1-3-9-42(10-4-1)44-15-19-46(20-16-44)48-23-25-50(26-24-48)53-33-37-60-57(39-53)59(52-29-27-49(28-30-52)47-21-17-45(18-22-47)43-11-5-2-6-12-43)41-63(60)55-35-31-51(32-36-55)54-34-38-62-58(40-54)56-13-7-8-14-61(56)64-62/h1-41H. The quantitative estimate of drug-likeness (QED) is 0.149. The fraction of sp³-hybridized carbons (Fsp3) is 0. The first-order valence-corrected chi connectivity index (χ1v) is 21.9. The molecule has 0 unspecified atom stereocenters. The van der Waals surface area contributed by atoms with E-state index in [1.165, 1.54) is 77.7 Å². The van der Waals surface area contributed by atoms with E-state index in [0.717, 1.165) is 38.7 Å². The third-order valence-corrected chi connectivity index (χ3v) is 12.7. The van der Waals surface area contributed by atoms with Crippen molar-refractivity contribution in [1.82, 2.24) is 4.57 Å². The van der Waals surface area contributed by atoms with Crippen LogP contribution in [0.15, 0.2) is 253 Å². The van der Waals surface area contributed by atoms with E-state index in [9.17, 15) is 0 Å². The highest BCUT2D eigenvalue weighted by atomic mass is 16.3. The summed E-state index contributed by atoms with van der Waals surface area (Å²) < 4.78 is 8.46. The Labute approximate surface area is 372 Å². The van der Waals surface area contributed by atoms with Crippen LogP contribution in [0.5, 0.6) is 0 Å². The van der Waals surface area contributed by atoms with E-state index >= 15 is 0 Å². The number of hydrogen-bond acceptors (Lipinski definition) is 1. The second kappa shape index (κ2) is 15.8. The van der Waals surface area contributed by atoms with E-state index in [2.05, 4.69) is 241 Å². The number of nitrogens with zero attached hydrogens (tertiary/aromatic N) is 1. The van der Waals surface area contributed by atoms with E-state index in [-0.39, 0.29) is 0 Å². The van der Waals surface area contributed by atoms with Gasteiger partial charge in [0, 0.05) is 33.6 Å². The molecule has 2 nitrogen and oxygen atoms in total. The van der Waals surface area contributed by atoms with Gasteiger partial charge >= 0.3 is 0 Å². The Kier molecular flexibility index (Phi) is 9.20. The molecule has 0 amide bonds. The van der Waals surface area contributed by atoms with Gasteiger partial charge in [0.15, 0.2) is 0 Å². The first kappa shape index (κ1) is 37.3. The number of furan rings is 1. The van der Waals surface area contributed by atoms with Crippen LogP contribution in [0.2, 0.25) is 0 Å². The lowest BCUT2D eigenvalue weighted by molar-refractivity contribution is 0.669. The molecule has 2 aromatic heterocycles. The minimum Gasteiger partial charge on any atom is -0.456 e. The van der Waals surface area contributed by atoms with Gasteiger partial charge in [-0.3, -0.25) is 0 Å². The monoisotopic (exact) mass is 815 g/mol. The molecule has 0 N–H and O–H groups in total. The minimum absolute atomic E-state index is 0.908. The molecule has 0 atom stereocenters. The van der Waals surface area contributed by atoms with E-state index in [0.29, 0.717) is 0 Å². The third-order valence-electron chi connectivity index (χ3n) is 12.7. The zero-order valence-corrected chi connectivity index (χ0v) is 35.0. The maximum atomic E-state index is 6.12. The van der Waals surface area contributed by atoms with Crippen molar-refractivity contribution in [3.05, 3.63) is 249 Å². The molecule has 2 heteroatoms. The molecule has 2 heterocycles. The Balaban J connectivity index is 0.893. The summed E-state index contributed by atoms with van der Waals surface area (Å²) in [5.74, 6) is 0. The SMILES string of the molecule is c1ccc(-c2ccc(-c3ccc(-c4ccc5c(c4)c(-c4ccc(-c6ccc(-c7ccccc7)cc6)cc4)cn5-c4ccc(-c5ccc6oc7ccccc7c6c5)cc4)cc3)cc2)cc1. The molecule has 64 heavy (non-hydrogen) atoms. The summed E-state index contributed by atoms with van der Waals surface area (Å²) >= 11 is 0. The average Bonchev–Trinajstić information content (AvgIpc) is 3.95. The number of para-hydroxylation sites is 1. The van der Waals surface area contributed by atoms with Crippen molar-refractivity contribution in [3.8, 4) is 83.6 Å². The maximum absolute atomic E-state index is 6.12. The van der Waals surface area contributed by atoms with Crippen molar-refractivity contribution in [2.45, 2.75) is 0 Å². The zero-order valence-electron chi connectivity index (χ0n) is 35.0. The van der Waals surface area contributed by atoms with Crippen LogP contribution in [-0.2, 0) is 0 Å². The molecule has 0 spiro atoms. The van der Waals surface area contributed by atoms with E-state index in [1.807, 2.05) is 12.1 Å². The molecule has 0 bridgehead atoms. The maximum Gasteiger partial charge on any atom is 0.135 e. The molecule has 12 aromatic rings. The van der Waals surface area contributed by atoms with Gasteiger partial charge in [0.2, 0.25) is 0 Å². The van der Waals surface area contributed by atoms with E-state index in [1.54, 1.807) is 0 Å². The van der Waals surface area contributed by atoms with Gasteiger partial charge in [0.25, 0.3) is 0 Å². The summed E-state index contributed by atoms with van der Waals surface area (Å²) in [5, 5.41) is 3.48. The fourth-order valence-corrected chi connectivity index (χ4v) is 9.24. The first-order chi connectivity index (χ1) is 31.7. The molecular formula is C62H41NO. The molecule has 0 aliphatic heterocycles. The lowest BCUT2D eigenvalue weighted by Gasteiger charge is -2.09. The Morgan fingerprint density at radius 3 is 1.12 bits per heavy atom. The molecule has 12 rings (SSSR count). The number of aromatic nitrogens is 1. The number of hydrogen-bond donors (Lipinski definition) is 0. The van der Waals surface area contributed by atoms with Crippen LogP contribution < -0.4 is 0 Å². The topological polar surface area (TPSA) is 18.1 Å². The first-order valence-electron chi connectivity index (χ1n) is 21.9. The highest BCUT2D eigenvalue weighted by Crippen LogP contribution is 2.39. The van der Waals surface area contributed by atoms with Gasteiger partial charge in [-0.05, 0) is 115 Å².